The highest BCUT2D eigenvalue weighted by atomic mass is 16.5. The van der Waals surface area contributed by atoms with Crippen molar-refractivity contribution in [3.8, 4) is 5.75 Å². The van der Waals surface area contributed by atoms with E-state index in [9.17, 15) is 14.7 Å². The second kappa shape index (κ2) is 29.5. The highest BCUT2D eigenvalue weighted by Gasteiger charge is 2.26. The summed E-state index contributed by atoms with van der Waals surface area (Å²) in [6.07, 6.45) is 28.6. The molecular weight excluding hydrogens is 809 g/mol. The molecule has 2 amide bonds. The van der Waals surface area contributed by atoms with Crippen molar-refractivity contribution in [2.24, 2.45) is 0 Å². The largest absolute Gasteiger partial charge is 0.496 e. The molecule has 1 unspecified atom stereocenters. The van der Waals surface area contributed by atoms with Crippen molar-refractivity contribution in [1.82, 2.24) is 19.8 Å². The molecule has 1 atom stereocenters. The van der Waals surface area contributed by atoms with Crippen molar-refractivity contribution >= 4 is 23.6 Å². The number of unbranched alkanes of at least 4 members (excludes halogenated alkanes) is 1. The highest BCUT2D eigenvalue weighted by molar-refractivity contribution is 5.95. The molecule has 10 heteroatoms. The van der Waals surface area contributed by atoms with Gasteiger partial charge >= 0.3 is 0 Å². The highest BCUT2D eigenvalue weighted by Crippen LogP contribution is 2.29. The molecule has 1 aliphatic heterocycles. The first kappa shape index (κ1) is 54.4. The van der Waals surface area contributed by atoms with E-state index in [0.29, 0.717) is 56.2 Å². The molecule has 0 aliphatic carbocycles. The number of aliphatic hydroxyl groups is 1. The molecule has 358 valence electrons. The maximum Gasteiger partial charge on any atom is 0.254 e. The van der Waals surface area contributed by atoms with Crippen LogP contribution >= 0.6 is 0 Å². The van der Waals surface area contributed by atoms with Crippen LogP contribution in [0.15, 0.2) is 88.1 Å². The number of nitrogens with two attached hydrogens (primary N) is 1. The molecule has 1 fully saturated rings. The van der Waals surface area contributed by atoms with E-state index >= 15 is 0 Å². The normalized spacial score (nSPS) is 14.7. The predicted octanol–water partition coefficient (Wildman–Crippen LogP) is 12.2. The number of hydrogen-bond acceptors (Lipinski definition) is 8. The van der Waals surface area contributed by atoms with Gasteiger partial charge in [0.05, 0.1) is 19.8 Å². The molecule has 65 heavy (non-hydrogen) atoms. The van der Waals surface area contributed by atoms with Crippen LogP contribution in [-0.4, -0.2) is 82.6 Å². The van der Waals surface area contributed by atoms with Crippen LogP contribution in [0.25, 0.3) is 0 Å². The first-order valence-corrected chi connectivity index (χ1v) is 24.3. The lowest BCUT2D eigenvalue weighted by Crippen LogP contribution is -2.50. The van der Waals surface area contributed by atoms with Gasteiger partial charge in [-0.1, -0.05) is 89.3 Å². The average Bonchev–Trinajstić information content (AvgIpc) is 3.27. The minimum Gasteiger partial charge on any atom is -0.496 e. The molecule has 0 bridgehead atoms. The molecule has 1 aromatic carbocycles. The number of ether oxygens (including phenoxy) is 1. The van der Waals surface area contributed by atoms with E-state index in [4.69, 9.17) is 10.5 Å². The molecule has 0 radical (unpaired) electrons. The summed E-state index contributed by atoms with van der Waals surface area (Å²) >= 11 is 0. The quantitative estimate of drug-likeness (QED) is 0.0596. The van der Waals surface area contributed by atoms with Gasteiger partial charge in [0.15, 0.2) is 0 Å². The number of aryl methyl sites for hydroxylation is 1. The van der Waals surface area contributed by atoms with Gasteiger partial charge in [-0.3, -0.25) is 9.59 Å². The zero-order valence-electron chi connectivity index (χ0n) is 42.0. The van der Waals surface area contributed by atoms with Crippen molar-refractivity contribution in [3.05, 3.63) is 110 Å². The molecule has 4 N–H and O–H groups in total. The molecular formula is C55H84N6O4. The molecule has 1 aromatic heterocycles. The Morgan fingerprint density at radius 3 is 1.75 bits per heavy atom. The third kappa shape index (κ3) is 20.4. The minimum absolute atomic E-state index is 0.0247. The standard InChI is InChI=1S/C55H84N6O4/c1-11-18-49(39-62)58-53-50(46(9)57-55(56)59-53)37-47-30-31-48(38-51(47)65-10)54(64)61-35-33-60(34-36-61)52(63)32-29-45(8)28-17-27-44(7)26-16-24-42(5)21-13-12-20-41(4)23-15-25-43(6)22-14-19-40(2)3/h19-21,25-26,28,30-31,38,49,62H,11-18,22-24,27,29,32-37,39H2,1-10H3,(H3,56,57,58,59)/b41-20?,42-21?,43-25+,44-26?,45-28?. The minimum atomic E-state index is -0.157. The number of nitrogen functional groups attached to an aromatic ring is 1. The van der Waals surface area contributed by atoms with E-state index in [-0.39, 0.29) is 30.4 Å². The van der Waals surface area contributed by atoms with Gasteiger partial charge in [-0.05, 0) is 150 Å². The van der Waals surface area contributed by atoms with Gasteiger partial charge in [0.2, 0.25) is 11.9 Å². The van der Waals surface area contributed by atoms with Gasteiger partial charge in [0, 0.05) is 55.8 Å². The third-order valence-electron chi connectivity index (χ3n) is 12.3. The molecule has 1 aliphatic rings. The lowest BCUT2D eigenvalue weighted by atomic mass is 10.0. The summed E-state index contributed by atoms with van der Waals surface area (Å²) in [7, 11) is 1.60. The second-order valence-electron chi connectivity index (χ2n) is 18.4. The summed E-state index contributed by atoms with van der Waals surface area (Å²) in [5, 5.41) is 13.3. The Balaban J connectivity index is 1.38. The number of aromatic nitrogens is 2. The molecule has 0 spiro atoms. The number of allylic oxidation sites excluding steroid dienone is 12. The van der Waals surface area contributed by atoms with Gasteiger partial charge in [-0.25, -0.2) is 4.98 Å². The van der Waals surface area contributed by atoms with Crippen LogP contribution < -0.4 is 15.8 Å². The number of hydrogen-bond donors (Lipinski definition) is 3. The number of carbonyl (C=O) groups excluding carboxylic acids is 2. The number of carbonyl (C=O) groups is 2. The summed E-state index contributed by atoms with van der Waals surface area (Å²) < 4.78 is 5.77. The van der Waals surface area contributed by atoms with Crippen molar-refractivity contribution in [1.29, 1.82) is 0 Å². The van der Waals surface area contributed by atoms with E-state index in [1.807, 2.05) is 28.9 Å². The number of rotatable bonds is 27. The van der Waals surface area contributed by atoms with Gasteiger partial charge in [0.25, 0.3) is 5.91 Å². The number of aliphatic hydroxyl groups excluding tert-OH is 1. The third-order valence-corrected chi connectivity index (χ3v) is 12.3. The lowest BCUT2D eigenvalue weighted by Gasteiger charge is -2.35. The van der Waals surface area contributed by atoms with Crippen LogP contribution in [0.4, 0.5) is 11.8 Å². The fourth-order valence-electron chi connectivity index (χ4n) is 8.11. The zero-order valence-corrected chi connectivity index (χ0v) is 42.0. The van der Waals surface area contributed by atoms with Crippen molar-refractivity contribution in [2.45, 2.75) is 165 Å². The first-order chi connectivity index (χ1) is 31.1. The van der Waals surface area contributed by atoms with Crippen LogP contribution in [0, 0.1) is 6.92 Å². The van der Waals surface area contributed by atoms with Crippen LogP contribution in [0.1, 0.15) is 172 Å². The second-order valence-corrected chi connectivity index (χ2v) is 18.4. The van der Waals surface area contributed by atoms with Gasteiger partial charge in [-0.2, -0.15) is 4.98 Å². The molecule has 3 rings (SSSR count). The van der Waals surface area contributed by atoms with Gasteiger partial charge < -0.3 is 30.7 Å². The van der Waals surface area contributed by atoms with Crippen molar-refractivity contribution in [2.75, 3.05) is 50.9 Å². The summed E-state index contributed by atoms with van der Waals surface area (Å²) in [5.41, 5.74) is 17.5. The van der Waals surface area contributed by atoms with Crippen molar-refractivity contribution < 1.29 is 19.4 Å². The summed E-state index contributed by atoms with van der Waals surface area (Å²) in [6.45, 7) is 21.4. The summed E-state index contributed by atoms with van der Waals surface area (Å²) in [5.74, 6) is 1.40. The molecule has 0 saturated carbocycles. The van der Waals surface area contributed by atoms with E-state index in [1.54, 1.807) is 13.2 Å². The number of nitrogens with one attached hydrogen (secondary N) is 1. The van der Waals surface area contributed by atoms with Gasteiger partial charge in [0.1, 0.15) is 11.6 Å². The van der Waals surface area contributed by atoms with E-state index in [1.165, 1.54) is 33.4 Å². The van der Waals surface area contributed by atoms with Gasteiger partial charge in [-0.15, -0.1) is 0 Å². The number of nitrogens with zero attached hydrogens (tertiary/aromatic N) is 4. The number of piperazine rings is 1. The Kier molecular flexibility index (Phi) is 24.7. The zero-order chi connectivity index (χ0) is 47.7. The molecule has 2 aromatic rings. The smallest absolute Gasteiger partial charge is 0.254 e. The molecule has 10 nitrogen and oxygen atoms in total. The van der Waals surface area contributed by atoms with Crippen LogP contribution in [0.5, 0.6) is 5.75 Å². The Bertz CT molecular complexity index is 2010. The number of amides is 2. The Labute approximate surface area is 393 Å². The maximum atomic E-state index is 13.6. The summed E-state index contributed by atoms with van der Waals surface area (Å²) in [6, 6.07) is 5.37. The monoisotopic (exact) mass is 893 g/mol. The van der Waals surface area contributed by atoms with Crippen LogP contribution in [-0.2, 0) is 11.2 Å². The maximum absolute atomic E-state index is 13.6. The number of benzene rings is 1. The average molecular weight is 893 g/mol. The van der Waals surface area contributed by atoms with E-state index < -0.39 is 0 Å². The Morgan fingerprint density at radius 2 is 1.25 bits per heavy atom. The SMILES string of the molecule is CCCC(CO)Nc1nc(N)nc(C)c1Cc1ccc(C(=O)N2CCN(C(=O)CCC(C)=CCCC(C)=CCCC(C)=CCCC=C(C)CC/C=C(\C)CCC=C(C)C)CC2)cc1OC. The predicted molar refractivity (Wildman–Crippen MR) is 272 cm³/mol. The Morgan fingerprint density at radius 1 is 0.738 bits per heavy atom. The molecule has 1 saturated heterocycles. The lowest BCUT2D eigenvalue weighted by molar-refractivity contribution is -0.132. The Hall–Kier alpha value is -4.96. The van der Waals surface area contributed by atoms with E-state index in [0.717, 1.165) is 100 Å². The summed E-state index contributed by atoms with van der Waals surface area (Å²) in [4.78, 5) is 39.4. The first-order valence-electron chi connectivity index (χ1n) is 24.3. The fourth-order valence-corrected chi connectivity index (χ4v) is 8.11. The van der Waals surface area contributed by atoms with Crippen LogP contribution in [0.3, 0.4) is 0 Å². The number of anilines is 2. The fraction of sp³-hybridized carbons (Fsp3) is 0.564. The van der Waals surface area contributed by atoms with Crippen molar-refractivity contribution in [3.63, 3.8) is 0 Å². The topological polar surface area (TPSA) is 134 Å². The molecule has 2 heterocycles. The number of methoxy groups -OCH3 is 1. The van der Waals surface area contributed by atoms with Crippen LogP contribution in [0.2, 0.25) is 0 Å². The van der Waals surface area contributed by atoms with E-state index in [2.05, 4.69) is 107 Å².